The van der Waals surface area contributed by atoms with Crippen molar-refractivity contribution in [2.45, 2.75) is 52.4 Å². The van der Waals surface area contributed by atoms with Gasteiger partial charge in [0.15, 0.2) is 0 Å². The molecule has 102 valence electrons. The van der Waals surface area contributed by atoms with E-state index in [0.717, 1.165) is 24.1 Å². The summed E-state index contributed by atoms with van der Waals surface area (Å²) in [5.74, 6) is 0.0367. The minimum atomic E-state index is 0.0367. The quantitative estimate of drug-likeness (QED) is 0.746. The maximum absolute atomic E-state index is 11.8. The minimum absolute atomic E-state index is 0.0367. The standard InChI is InChI=1S/C16H22N2O/c1-3-4-5-6-7-8-16(19)18-15-11-14(12-17)10-9-13(15)2/h9-11H,3-8H2,1-2H3,(H,18,19). The molecule has 0 heterocycles. The van der Waals surface area contributed by atoms with Crippen LogP contribution in [0.15, 0.2) is 18.2 Å². The number of rotatable bonds is 7. The first kappa shape index (κ1) is 15.2. The number of amides is 1. The number of nitrogens with zero attached hydrogens (tertiary/aromatic N) is 1. The molecular formula is C16H22N2O. The van der Waals surface area contributed by atoms with Gasteiger partial charge in [0.05, 0.1) is 11.6 Å². The van der Waals surface area contributed by atoms with Crippen molar-refractivity contribution in [3.63, 3.8) is 0 Å². The van der Waals surface area contributed by atoms with Gasteiger partial charge in [-0.3, -0.25) is 4.79 Å². The molecule has 0 saturated carbocycles. The van der Waals surface area contributed by atoms with E-state index >= 15 is 0 Å². The van der Waals surface area contributed by atoms with E-state index in [2.05, 4.69) is 18.3 Å². The molecule has 0 atom stereocenters. The minimum Gasteiger partial charge on any atom is -0.326 e. The number of benzene rings is 1. The second-order valence-corrected chi connectivity index (χ2v) is 4.85. The highest BCUT2D eigenvalue weighted by molar-refractivity contribution is 5.91. The second kappa shape index (κ2) is 8.31. The number of carbonyl (C=O) groups is 1. The molecule has 1 aromatic rings. The van der Waals surface area contributed by atoms with Gasteiger partial charge in [-0.05, 0) is 31.0 Å². The summed E-state index contributed by atoms with van der Waals surface area (Å²) in [6.45, 7) is 4.11. The monoisotopic (exact) mass is 258 g/mol. The Morgan fingerprint density at radius 3 is 2.68 bits per heavy atom. The van der Waals surface area contributed by atoms with Crippen LogP contribution in [0.1, 0.15) is 56.6 Å². The zero-order valence-corrected chi connectivity index (χ0v) is 11.8. The highest BCUT2D eigenvalue weighted by Gasteiger charge is 2.05. The Balaban J connectivity index is 2.42. The molecule has 19 heavy (non-hydrogen) atoms. The Morgan fingerprint density at radius 2 is 2.00 bits per heavy atom. The predicted octanol–water partition coefficient (Wildman–Crippen LogP) is 4.17. The van der Waals surface area contributed by atoms with Crippen LogP contribution in [0.2, 0.25) is 0 Å². The fourth-order valence-electron chi connectivity index (χ4n) is 1.93. The molecule has 0 fully saturated rings. The van der Waals surface area contributed by atoms with Gasteiger partial charge in [-0.1, -0.05) is 38.7 Å². The second-order valence-electron chi connectivity index (χ2n) is 4.85. The van der Waals surface area contributed by atoms with Gasteiger partial charge in [0.25, 0.3) is 0 Å². The molecule has 1 aromatic carbocycles. The molecule has 0 spiro atoms. The number of nitrogens with one attached hydrogen (secondary N) is 1. The summed E-state index contributed by atoms with van der Waals surface area (Å²) >= 11 is 0. The molecule has 0 saturated heterocycles. The third-order valence-electron chi connectivity index (χ3n) is 3.15. The molecule has 1 amide bonds. The van der Waals surface area contributed by atoms with Gasteiger partial charge in [0.1, 0.15) is 0 Å². The first-order valence-electron chi connectivity index (χ1n) is 6.98. The molecule has 0 unspecified atom stereocenters. The predicted molar refractivity (Wildman–Crippen MR) is 77.9 cm³/mol. The van der Waals surface area contributed by atoms with Gasteiger partial charge in [0, 0.05) is 12.1 Å². The van der Waals surface area contributed by atoms with Gasteiger partial charge in [-0.2, -0.15) is 5.26 Å². The highest BCUT2D eigenvalue weighted by Crippen LogP contribution is 2.17. The normalized spacial score (nSPS) is 9.95. The third-order valence-corrected chi connectivity index (χ3v) is 3.15. The highest BCUT2D eigenvalue weighted by atomic mass is 16.1. The van der Waals surface area contributed by atoms with E-state index in [0.29, 0.717) is 12.0 Å². The van der Waals surface area contributed by atoms with Crippen LogP contribution in [-0.4, -0.2) is 5.91 Å². The first-order chi connectivity index (χ1) is 9.17. The molecule has 3 nitrogen and oxygen atoms in total. The van der Waals surface area contributed by atoms with Crippen LogP contribution < -0.4 is 5.32 Å². The van der Waals surface area contributed by atoms with E-state index in [1.165, 1.54) is 19.3 Å². The van der Waals surface area contributed by atoms with Crippen molar-refractivity contribution in [3.8, 4) is 6.07 Å². The van der Waals surface area contributed by atoms with Crippen LogP contribution in [0.4, 0.5) is 5.69 Å². The average molecular weight is 258 g/mol. The van der Waals surface area contributed by atoms with E-state index < -0.39 is 0 Å². The van der Waals surface area contributed by atoms with E-state index in [-0.39, 0.29) is 5.91 Å². The number of carbonyl (C=O) groups excluding carboxylic acids is 1. The molecule has 1 N–H and O–H groups in total. The summed E-state index contributed by atoms with van der Waals surface area (Å²) in [7, 11) is 0. The Bertz CT molecular complexity index is 460. The number of unbranched alkanes of at least 4 members (excludes halogenated alkanes) is 4. The topological polar surface area (TPSA) is 52.9 Å². The van der Waals surface area contributed by atoms with E-state index in [9.17, 15) is 4.79 Å². The summed E-state index contributed by atoms with van der Waals surface area (Å²) < 4.78 is 0. The van der Waals surface area contributed by atoms with Gasteiger partial charge < -0.3 is 5.32 Å². The van der Waals surface area contributed by atoms with Gasteiger partial charge >= 0.3 is 0 Å². The van der Waals surface area contributed by atoms with Crippen molar-refractivity contribution < 1.29 is 4.79 Å². The number of hydrogen-bond donors (Lipinski definition) is 1. The van der Waals surface area contributed by atoms with Gasteiger partial charge in [0.2, 0.25) is 5.91 Å². The Hall–Kier alpha value is -1.82. The van der Waals surface area contributed by atoms with Crippen LogP contribution >= 0.6 is 0 Å². The zero-order valence-electron chi connectivity index (χ0n) is 11.8. The lowest BCUT2D eigenvalue weighted by Crippen LogP contribution is -2.12. The van der Waals surface area contributed by atoms with Crippen LogP contribution in [0, 0.1) is 18.3 Å². The summed E-state index contributed by atoms with van der Waals surface area (Å²) in [6, 6.07) is 7.43. The lowest BCUT2D eigenvalue weighted by atomic mass is 10.1. The van der Waals surface area contributed by atoms with Crippen LogP contribution in [-0.2, 0) is 4.79 Å². The molecule has 3 heteroatoms. The van der Waals surface area contributed by atoms with Crippen molar-refractivity contribution in [2.24, 2.45) is 0 Å². The fraction of sp³-hybridized carbons (Fsp3) is 0.500. The summed E-state index contributed by atoms with van der Waals surface area (Å²) in [5, 5.41) is 11.7. The number of aryl methyl sites for hydroxylation is 1. The van der Waals surface area contributed by atoms with Crippen LogP contribution in [0.5, 0.6) is 0 Å². The van der Waals surface area contributed by atoms with Crippen molar-refractivity contribution in [1.82, 2.24) is 0 Å². The maximum atomic E-state index is 11.8. The first-order valence-corrected chi connectivity index (χ1v) is 6.98. The molecule has 1 rings (SSSR count). The molecule has 0 radical (unpaired) electrons. The van der Waals surface area contributed by atoms with Gasteiger partial charge in [-0.15, -0.1) is 0 Å². The third kappa shape index (κ3) is 5.56. The summed E-state index contributed by atoms with van der Waals surface area (Å²) in [6.07, 6.45) is 6.26. The van der Waals surface area contributed by atoms with Crippen LogP contribution in [0.3, 0.4) is 0 Å². The van der Waals surface area contributed by atoms with E-state index in [1.54, 1.807) is 12.1 Å². The van der Waals surface area contributed by atoms with E-state index in [1.807, 2.05) is 13.0 Å². The number of hydrogen-bond acceptors (Lipinski definition) is 2. The SMILES string of the molecule is CCCCCCCC(=O)Nc1cc(C#N)ccc1C. The Labute approximate surface area is 115 Å². The lowest BCUT2D eigenvalue weighted by molar-refractivity contribution is -0.116. The number of anilines is 1. The molecule has 0 aromatic heterocycles. The Kier molecular flexibility index (Phi) is 6.67. The van der Waals surface area contributed by atoms with Crippen molar-refractivity contribution >= 4 is 11.6 Å². The fourth-order valence-corrected chi connectivity index (χ4v) is 1.93. The smallest absolute Gasteiger partial charge is 0.224 e. The van der Waals surface area contributed by atoms with E-state index in [4.69, 9.17) is 5.26 Å². The average Bonchev–Trinajstić information content (AvgIpc) is 2.41. The largest absolute Gasteiger partial charge is 0.326 e. The van der Waals surface area contributed by atoms with Gasteiger partial charge in [-0.25, -0.2) is 0 Å². The zero-order chi connectivity index (χ0) is 14.1. The van der Waals surface area contributed by atoms with Crippen molar-refractivity contribution in [3.05, 3.63) is 29.3 Å². The summed E-state index contributed by atoms with van der Waals surface area (Å²) in [4.78, 5) is 11.8. The molecular weight excluding hydrogens is 236 g/mol. The summed E-state index contributed by atoms with van der Waals surface area (Å²) in [5.41, 5.74) is 2.31. The number of nitriles is 1. The Morgan fingerprint density at radius 1 is 1.26 bits per heavy atom. The molecule has 0 aliphatic rings. The molecule has 0 bridgehead atoms. The van der Waals surface area contributed by atoms with Crippen LogP contribution in [0.25, 0.3) is 0 Å². The molecule has 0 aliphatic heterocycles. The lowest BCUT2D eigenvalue weighted by Gasteiger charge is -2.08. The van der Waals surface area contributed by atoms with Crippen molar-refractivity contribution in [2.75, 3.05) is 5.32 Å². The molecule has 0 aliphatic carbocycles. The maximum Gasteiger partial charge on any atom is 0.224 e. The van der Waals surface area contributed by atoms with Crippen molar-refractivity contribution in [1.29, 1.82) is 5.26 Å².